The fraction of sp³-hybridized carbons (Fsp3) is 0.632. The monoisotopic (exact) mass is 362 g/mol. The Hall–Kier alpha value is -1.83. The fourth-order valence-electron chi connectivity index (χ4n) is 3.46. The largest absolute Gasteiger partial charge is 0.491 e. The summed E-state index contributed by atoms with van der Waals surface area (Å²) in [5, 5.41) is 12.4. The second-order valence-electron chi connectivity index (χ2n) is 7.24. The molecule has 2 aliphatic heterocycles. The highest BCUT2D eigenvalue weighted by Crippen LogP contribution is 2.24. The van der Waals surface area contributed by atoms with Crippen molar-refractivity contribution in [2.75, 3.05) is 52.9 Å². The van der Waals surface area contributed by atoms with E-state index in [0.29, 0.717) is 32.3 Å². The predicted octanol–water partition coefficient (Wildman–Crippen LogP) is 0.719. The summed E-state index contributed by atoms with van der Waals surface area (Å²) in [5.41, 5.74) is 1.77. The Kier molecular flexibility index (Phi) is 6.34. The first-order valence-electron chi connectivity index (χ1n) is 9.37. The van der Waals surface area contributed by atoms with Gasteiger partial charge in [-0.25, -0.2) is 4.79 Å². The number of carbonyl (C=O) groups excluding carboxylic acids is 1. The van der Waals surface area contributed by atoms with E-state index < -0.39 is 0 Å². The molecule has 0 bridgehead atoms. The van der Waals surface area contributed by atoms with Crippen LogP contribution in [0.1, 0.15) is 18.1 Å². The number of fused-ring (bicyclic) bond motifs is 1. The third kappa shape index (κ3) is 4.66. The number of benzene rings is 1. The molecule has 0 aliphatic carbocycles. The zero-order chi connectivity index (χ0) is 18.5. The summed E-state index contributed by atoms with van der Waals surface area (Å²) in [5.74, 6) is 0.795. The highest BCUT2D eigenvalue weighted by Gasteiger charge is 2.23. The maximum absolute atomic E-state index is 12.6. The van der Waals surface area contributed by atoms with Gasteiger partial charge in [0, 0.05) is 44.3 Å². The molecule has 3 rings (SSSR count). The van der Waals surface area contributed by atoms with Crippen molar-refractivity contribution in [2.45, 2.75) is 26.1 Å². The van der Waals surface area contributed by atoms with Crippen LogP contribution in [0.3, 0.4) is 0 Å². The number of aliphatic hydroxyl groups is 1. The summed E-state index contributed by atoms with van der Waals surface area (Å²) in [4.78, 5) is 19.2. The number of rotatable bonds is 4. The minimum Gasteiger partial charge on any atom is -0.491 e. The number of carbonyl (C=O) groups is 1. The van der Waals surface area contributed by atoms with Gasteiger partial charge in [-0.15, -0.1) is 0 Å². The summed E-state index contributed by atoms with van der Waals surface area (Å²) in [6.45, 7) is 8.57. The first-order valence-corrected chi connectivity index (χ1v) is 9.37. The molecule has 7 heteroatoms. The van der Waals surface area contributed by atoms with E-state index in [4.69, 9.17) is 4.74 Å². The van der Waals surface area contributed by atoms with E-state index in [2.05, 4.69) is 29.1 Å². The third-order valence-corrected chi connectivity index (χ3v) is 5.28. The molecule has 1 unspecified atom stereocenters. The quantitative estimate of drug-likeness (QED) is 0.826. The maximum Gasteiger partial charge on any atom is 0.317 e. The van der Waals surface area contributed by atoms with Crippen molar-refractivity contribution in [3.8, 4) is 5.75 Å². The number of hydrogen-bond donors (Lipinski definition) is 2. The Morgan fingerprint density at radius 2 is 2.04 bits per heavy atom. The average molecular weight is 362 g/mol. The highest BCUT2D eigenvalue weighted by molar-refractivity contribution is 5.74. The van der Waals surface area contributed by atoms with Crippen molar-refractivity contribution >= 4 is 6.03 Å². The molecule has 2 heterocycles. The molecule has 1 atom stereocenters. The van der Waals surface area contributed by atoms with Crippen molar-refractivity contribution < 1.29 is 14.6 Å². The van der Waals surface area contributed by atoms with Crippen LogP contribution in [0.5, 0.6) is 5.75 Å². The van der Waals surface area contributed by atoms with E-state index >= 15 is 0 Å². The van der Waals surface area contributed by atoms with Gasteiger partial charge in [0.15, 0.2) is 0 Å². The minimum absolute atomic E-state index is 0.0119. The van der Waals surface area contributed by atoms with Crippen LogP contribution in [0, 0.1) is 0 Å². The number of aliphatic hydroxyl groups excluding tert-OH is 1. The van der Waals surface area contributed by atoms with Gasteiger partial charge >= 0.3 is 6.03 Å². The molecule has 1 aromatic carbocycles. The van der Waals surface area contributed by atoms with Crippen molar-refractivity contribution in [1.82, 2.24) is 20.0 Å². The Morgan fingerprint density at radius 3 is 2.77 bits per heavy atom. The second-order valence-corrected chi connectivity index (χ2v) is 7.24. The van der Waals surface area contributed by atoms with Crippen LogP contribution in [-0.2, 0) is 13.2 Å². The zero-order valence-corrected chi connectivity index (χ0v) is 15.8. The number of urea groups is 1. The molecule has 2 N–H and O–H groups in total. The van der Waals surface area contributed by atoms with E-state index in [-0.39, 0.29) is 12.6 Å². The van der Waals surface area contributed by atoms with Gasteiger partial charge in [-0.05, 0) is 31.7 Å². The van der Waals surface area contributed by atoms with Crippen LogP contribution < -0.4 is 10.1 Å². The molecule has 2 amide bonds. The molecule has 7 nitrogen and oxygen atoms in total. The molecular formula is C19H30N4O3. The lowest BCUT2D eigenvalue weighted by molar-refractivity contribution is 0.116. The van der Waals surface area contributed by atoms with Gasteiger partial charge in [-0.2, -0.15) is 0 Å². The smallest absolute Gasteiger partial charge is 0.317 e. The van der Waals surface area contributed by atoms with Gasteiger partial charge in [0.2, 0.25) is 0 Å². The van der Waals surface area contributed by atoms with Crippen molar-refractivity contribution in [3.05, 3.63) is 29.3 Å². The lowest BCUT2D eigenvalue weighted by Gasteiger charge is -2.36. The minimum atomic E-state index is -0.0585. The van der Waals surface area contributed by atoms with E-state index in [1.165, 1.54) is 0 Å². The summed E-state index contributed by atoms with van der Waals surface area (Å²) in [6.07, 6.45) is 0. The van der Waals surface area contributed by atoms with Crippen LogP contribution in [-0.4, -0.2) is 84.8 Å². The number of nitrogens with zero attached hydrogens (tertiary/aromatic N) is 3. The number of ether oxygens (including phenoxy) is 1. The lowest BCUT2D eigenvalue weighted by Crippen LogP contribution is -2.52. The molecule has 2 aliphatic rings. The molecule has 0 radical (unpaired) electrons. The van der Waals surface area contributed by atoms with Crippen LogP contribution in [0.4, 0.5) is 4.79 Å². The van der Waals surface area contributed by atoms with E-state index in [9.17, 15) is 9.90 Å². The number of likely N-dealkylation sites (N-methyl/N-ethyl adjacent to an activating group) is 1. The van der Waals surface area contributed by atoms with E-state index in [1.807, 2.05) is 18.2 Å². The van der Waals surface area contributed by atoms with Crippen LogP contribution >= 0.6 is 0 Å². The molecule has 0 aromatic heterocycles. The lowest BCUT2D eigenvalue weighted by atomic mass is 10.1. The summed E-state index contributed by atoms with van der Waals surface area (Å²) >= 11 is 0. The molecular weight excluding hydrogens is 332 g/mol. The molecule has 1 saturated heterocycles. The molecule has 1 aromatic rings. The topological polar surface area (TPSA) is 68.3 Å². The van der Waals surface area contributed by atoms with Gasteiger partial charge in [-0.3, -0.25) is 4.90 Å². The van der Waals surface area contributed by atoms with Crippen LogP contribution in [0.15, 0.2) is 18.2 Å². The fourth-order valence-corrected chi connectivity index (χ4v) is 3.46. The van der Waals surface area contributed by atoms with Gasteiger partial charge in [0.05, 0.1) is 19.7 Å². The van der Waals surface area contributed by atoms with Gasteiger partial charge in [0.1, 0.15) is 12.4 Å². The summed E-state index contributed by atoms with van der Waals surface area (Å²) < 4.78 is 5.74. The van der Waals surface area contributed by atoms with Gasteiger partial charge < -0.3 is 25.0 Å². The first-order chi connectivity index (χ1) is 12.6. The average Bonchev–Trinajstić information content (AvgIpc) is 2.88. The highest BCUT2D eigenvalue weighted by atomic mass is 16.5. The normalized spacial score (nSPS) is 20.0. The molecule has 26 heavy (non-hydrogen) atoms. The van der Waals surface area contributed by atoms with Crippen molar-refractivity contribution in [3.63, 3.8) is 0 Å². The number of amides is 2. The predicted molar refractivity (Wildman–Crippen MR) is 100 cm³/mol. The van der Waals surface area contributed by atoms with Crippen LogP contribution in [0.2, 0.25) is 0 Å². The van der Waals surface area contributed by atoms with Gasteiger partial charge in [0.25, 0.3) is 0 Å². The Bertz CT molecular complexity index is 617. The Balaban J connectivity index is 1.54. The van der Waals surface area contributed by atoms with Crippen LogP contribution in [0.25, 0.3) is 0 Å². The zero-order valence-electron chi connectivity index (χ0n) is 15.8. The molecule has 144 valence electrons. The summed E-state index contributed by atoms with van der Waals surface area (Å²) in [7, 11) is 2.14. The number of hydrogen-bond acceptors (Lipinski definition) is 5. The number of nitrogens with one attached hydrogen (secondary N) is 1. The van der Waals surface area contributed by atoms with E-state index in [0.717, 1.165) is 43.1 Å². The SMILES string of the molecule is CC(CNC(=O)N1CCOc2ccc(CO)cc2C1)N1CCN(C)CC1. The third-order valence-electron chi connectivity index (χ3n) is 5.28. The maximum atomic E-state index is 12.6. The summed E-state index contributed by atoms with van der Waals surface area (Å²) in [6, 6.07) is 5.90. The first kappa shape index (κ1) is 18.9. The second kappa shape index (κ2) is 8.70. The standard InChI is InChI=1S/C19H30N4O3/c1-15(22-7-5-21(2)6-8-22)12-20-19(25)23-9-10-26-18-4-3-16(14-24)11-17(18)13-23/h3-4,11,15,24H,5-10,12-14H2,1-2H3,(H,20,25). The Labute approximate surface area is 155 Å². The van der Waals surface area contributed by atoms with E-state index in [1.54, 1.807) is 4.90 Å². The number of piperazine rings is 1. The molecule has 1 fully saturated rings. The Morgan fingerprint density at radius 1 is 1.27 bits per heavy atom. The molecule has 0 saturated carbocycles. The van der Waals surface area contributed by atoms with Gasteiger partial charge in [-0.1, -0.05) is 6.07 Å². The van der Waals surface area contributed by atoms with Crippen molar-refractivity contribution in [1.29, 1.82) is 0 Å². The molecule has 0 spiro atoms. The van der Waals surface area contributed by atoms with Crippen molar-refractivity contribution in [2.24, 2.45) is 0 Å².